The lowest BCUT2D eigenvalue weighted by Crippen LogP contribution is -2.58. The Morgan fingerprint density at radius 3 is 2.07 bits per heavy atom. The molecule has 0 unspecified atom stereocenters. The molecule has 0 aliphatic carbocycles. The van der Waals surface area contributed by atoms with Crippen molar-refractivity contribution in [2.45, 2.75) is 6.04 Å². The van der Waals surface area contributed by atoms with Gasteiger partial charge in [0.2, 0.25) is 0 Å². The zero-order valence-electron chi connectivity index (χ0n) is 8.37. The predicted octanol–water partition coefficient (Wildman–Crippen LogP) is 0.415. The molecule has 0 saturated carbocycles. The second kappa shape index (κ2) is 3.82. The maximum Gasteiger partial charge on any atom is 0.407 e. The fraction of sp³-hybridized carbons (Fsp3) is 0.875. The van der Waals surface area contributed by atoms with Gasteiger partial charge in [-0.3, -0.25) is 14.0 Å². The Balaban J connectivity index is 1.77. The molecule has 0 radical (unpaired) electrons. The van der Waals surface area contributed by atoms with Crippen LogP contribution in [-0.2, 0) is 0 Å². The molecule has 0 aromatic rings. The van der Waals surface area contributed by atoms with Crippen LogP contribution in [-0.4, -0.2) is 73.8 Å². The summed E-state index contributed by atoms with van der Waals surface area (Å²) in [6, 6.07) is 0.242. The van der Waals surface area contributed by atoms with E-state index in [1.165, 1.54) is 4.90 Å². The fourth-order valence-electron chi connectivity index (χ4n) is 2.06. The maximum absolute atomic E-state index is 10.6. The summed E-state index contributed by atoms with van der Waals surface area (Å²) < 4.78 is 18.5. The molecule has 2 aliphatic heterocycles. The minimum Gasteiger partial charge on any atom is -0.465 e. The number of carbonyl (C=O) groups is 1. The van der Waals surface area contributed by atoms with Crippen LogP contribution in [0.15, 0.2) is 0 Å². The molecule has 7 heteroatoms. The molecule has 2 saturated heterocycles. The Hall–Kier alpha value is -0.500. The first kappa shape index (κ1) is 11.0. The molecule has 1 amide bonds. The highest BCUT2D eigenvalue weighted by Gasteiger charge is 2.38. The van der Waals surface area contributed by atoms with Gasteiger partial charge in [-0.05, 0) is 0 Å². The fourth-order valence-corrected chi connectivity index (χ4v) is 3.61. The van der Waals surface area contributed by atoms with Gasteiger partial charge < -0.3 is 10.0 Å². The van der Waals surface area contributed by atoms with Gasteiger partial charge in [-0.25, -0.2) is 4.79 Å². The average Bonchev–Trinajstić information content (AvgIpc) is 2.14. The molecule has 0 spiro atoms. The third-order valence-electron chi connectivity index (χ3n) is 3.02. The van der Waals surface area contributed by atoms with Crippen LogP contribution < -0.4 is 0 Å². The van der Waals surface area contributed by atoms with E-state index in [-0.39, 0.29) is 6.04 Å². The van der Waals surface area contributed by atoms with E-state index < -0.39 is 16.7 Å². The third kappa shape index (κ3) is 2.36. The lowest BCUT2D eigenvalue weighted by atomic mass is 10.2. The van der Waals surface area contributed by atoms with Crippen LogP contribution in [0.4, 0.5) is 4.79 Å². The molecular formula is C8H16N2O4S. The molecule has 0 aromatic carbocycles. The summed E-state index contributed by atoms with van der Waals surface area (Å²) in [5.74, 6) is 0.917. The smallest absolute Gasteiger partial charge is 0.407 e. The van der Waals surface area contributed by atoms with E-state index >= 15 is 0 Å². The molecule has 6 nitrogen and oxygen atoms in total. The van der Waals surface area contributed by atoms with Crippen molar-refractivity contribution < 1.29 is 19.0 Å². The molecule has 88 valence electrons. The minimum absolute atomic E-state index is 0.242. The zero-order chi connectivity index (χ0) is 11.1. The first-order chi connectivity index (χ1) is 6.98. The van der Waals surface area contributed by atoms with E-state index in [4.69, 9.17) is 5.11 Å². The normalized spacial score (nSPS) is 29.6. The summed E-state index contributed by atoms with van der Waals surface area (Å²) in [5.41, 5.74) is 0. The van der Waals surface area contributed by atoms with Crippen molar-refractivity contribution in [2.24, 2.45) is 0 Å². The van der Waals surface area contributed by atoms with Gasteiger partial charge in [0.1, 0.15) is 0 Å². The minimum atomic E-state index is -2.28. The summed E-state index contributed by atoms with van der Waals surface area (Å²) in [6.07, 6.45) is -0.868. The standard InChI is InChI=1S/C8H16N2O4S/c11-8(12)10-3-1-9(2-4-10)7-5-15(13,14)6-7/h7,13-14H,1-6H2,(H,11,12). The van der Waals surface area contributed by atoms with Gasteiger partial charge >= 0.3 is 6.09 Å². The number of carboxylic acid groups (broad SMARTS) is 1. The first-order valence-corrected chi connectivity index (χ1v) is 6.82. The Labute approximate surface area is 89.8 Å². The quantitative estimate of drug-likeness (QED) is 0.614. The van der Waals surface area contributed by atoms with Gasteiger partial charge in [0.05, 0.1) is 11.5 Å². The topological polar surface area (TPSA) is 84.2 Å². The second-order valence-corrected chi connectivity index (χ2v) is 6.37. The molecule has 3 N–H and O–H groups in total. The van der Waals surface area contributed by atoms with E-state index in [1.807, 2.05) is 0 Å². The highest BCUT2D eigenvalue weighted by molar-refractivity contribution is 8.25. The van der Waals surface area contributed by atoms with Crippen molar-refractivity contribution >= 4 is 16.7 Å². The van der Waals surface area contributed by atoms with E-state index in [2.05, 4.69) is 4.90 Å². The van der Waals surface area contributed by atoms with E-state index in [0.29, 0.717) is 37.7 Å². The SMILES string of the molecule is O=C(O)N1CCN(C2CS(O)(O)C2)CC1. The lowest BCUT2D eigenvalue weighted by Gasteiger charge is -2.52. The molecule has 2 heterocycles. The average molecular weight is 236 g/mol. The molecule has 0 bridgehead atoms. The van der Waals surface area contributed by atoms with Crippen molar-refractivity contribution in [1.82, 2.24) is 9.80 Å². The van der Waals surface area contributed by atoms with Crippen LogP contribution >= 0.6 is 10.6 Å². The van der Waals surface area contributed by atoms with E-state index in [0.717, 1.165) is 0 Å². The highest BCUT2D eigenvalue weighted by Crippen LogP contribution is 2.50. The van der Waals surface area contributed by atoms with Gasteiger partial charge in [-0.1, -0.05) is 0 Å². The predicted molar refractivity (Wildman–Crippen MR) is 57.5 cm³/mol. The van der Waals surface area contributed by atoms with E-state index in [1.54, 1.807) is 0 Å². The van der Waals surface area contributed by atoms with Gasteiger partial charge in [0.15, 0.2) is 0 Å². The summed E-state index contributed by atoms with van der Waals surface area (Å²) in [7, 11) is -2.28. The third-order valence-corrected chi connectivity index (χ3v) is 4.86. The molecule has 0 aromatic heterocycles. The molecule has 2 fully saturated rings. The van der Waals surface area contributed by atoms with Crippen LogP contribution in [0.3, 0.4) is 0 Å². The van der Waals surface area contributed by atoms with Gasteiger partial charge in [-0.2, -0.15) is 10.6 Å². The largest absolute Gasteiger partial charge is 0.465 e. The van der Waals surface area contributed by atoms with Crippen molar-refractivity contribution in [3.63, 3.8) is 0 Å². The molecule has 2 rings (SSSR count). The first-order valence-electron chi connectivity index (χ1n) is 4.93. The number of nitrogens with zero attached hydrogens (tertiary/aromatic N) is 2. The second-order valence-electron chi connectivity index (χ2n) is 4.09. The zero-order valence-corrected chi connectivity index (χ0v) is 9.19. The summed E-state index contributed by atoms with van der Waals surface area (Å²) in [6.45, 7) is 2.44. The summed E-state index contributed by atoms with van der Waals surface area (Å²) >= 11 is 0. The number of hydrogen-bond donors (Lipinski definition) is 3. The molecular weight excluding hydrogens is 220 g/mol. The van der Waals surface area contributed by atoms with Gasteiger partial charge in [0, 0.05) is 32.2 Å². The highest BCUT2D eigenvalue weighted by atomic mass is 32.3. The van der Waals surface area contributed by atoms with E-state index in [9.17, 15) is 13.9 Å². The number of hydrogen-bond acceptors (Lipinski definition) is 4. The number of amides is 1. The van der Waals surface area contributed by atoms with Crippen molar-refractivity contribution in [1.29, 1.82) is 0 Å². The maximum atomic E-state index is 10.6. The van der Waals surface area contributed by atoms with Crippen LogP contribution in [0.1, 0.15) is 0 Å². The number of piperazine rings is 1. The van der Waals surface area contributed by atoms with Crippen molar-refractivity contribution in [3.05, 3.63) is 0 Å². The van der Waals surface area contributed by atoms with Crippen LogP contribution in [0, 0.1) is 0 Å². The summed E-state index contributed by atoms with van der Waals surface area (Å²) in [4.78, 5) is 14.2. The number of rotatable bonds is 1. The monoisotopic (exact) mass is 236 g/mol. The lowest BCUT2D eigenvalue weighted by molar-refractivity contribution is 0.0892. The molecule has 15 heavy (non-hydrogen) atoms. The summed E-state index contributed by atoms with van der Waals surface area (Å²) in [5, 5.41) is 8.75. The van der Waals surface area contributed by atoms with Crippen LogP contribution in [0.25, 0.3) is 0 Å². The van der Waals surface area contributed by atoms with Crippen molar-refractivity contribution in [3.8, 4) is 0 Å². The van der Waals surface area contributed by atoms with Gasteiger partial charge in [-0.15, -0.1) is 0 Å². The van der Waals surface area contributed by atoms with Gasteiger partial charge in [0.25, 0.3) is 0 Å². The van der Waals surface area contributed by atoms with Crippen LogP contribution in [0.5, 0.6) is 0 Å². The Bertz CT molecular complexity index is 257. The molecule has 0 atom stereocenters. The Morgan fingerprint density at radius 2 is 1.67 bits per heavy atom. The van der Waals surface area contributed by atoms with Crippen LogP contribution in [0.2, 0.25) is 0 Å². The Morgan fingerprint density at radius 1 is 1.13 bits per heavy atom. The Kier molecular flexibility index (Phi) is 2.80. The molecule has 2 aliphatic rings. The van der Waals surface area contributed by atoms with Crippen molar-refractivity contribution in [2.75, 3.05) is 37.7 Å².